The number of rotatable bonds is 28. The number of non-ortho nitro benzene ring substituents is 1. The standard InChI is InChI=1S/C106H109N3O34/c1-56-71(50-105(126)89(140-93(120)68-39-27-17-28-40-68)85-101(11,73(114)48-75-103(85,54-132-75)142-60(5)112)87(116)81(134-58(3)110)77(56)99(105,7)8)136-95(122)83(79(64-31-19-13-20-32-64)107-91(118)66-35-23-15-24-36-66)138-97(124)130-52-63(47-62-43-45-70(46-44-62)109(128)129)53-131-98(125)139-84(80(65-33-21-14-22-34-65)108-92(119)67-37-25-16-26-38-67)96(123)137-72-51-106(127)90(141-94(121)69-41-29-18-30-42-69)86-102(12,74(115)49-76-104(86,55-133-76)143-61(6)113)88(117)82(135-59(4)111)78(57(72)2)100(106,9)10/h13-47,71-76,79-86,89-90,114-115,126-127H,48-55H2,1-12H3,(H,107,118)(H,108,119)/t71-,72-,73-,74-,75+,76+,79-,80-,81+,82+,83+,84+,85-,86-,89-,90-,101+,102+,103-,104-,105+,106+/m0/s1. The molecule has 143 heavy (non-hydrogen) atoms. The molecule has 2 saturated heterocycles. The molecule has 2 aliphatic heterocycles. The van der Waals surface area contributed by atoms with Crippen LogP contribution in [0.1, 0.15) is 179 Å². The summed E-state index contributed by atoms with van der Waals surface area (Å²) in [6.07, 6.45) is -27.8. The molecular formula is C106H109N3O34. The minimum atomic E-state index is -2.72. The van der Waals surface area contributed by atoms with Gasteiger partial charge in [-0.15, -0.1) is 0 Å². The Balaban J connectivity index is 0.795. The number of aliphatic hydroxyl groups is 4. The van der Waals surface area contributed by atoms with Gasteiger partial charge in [0, 0.05) is 93.0 Å². The number of nitrogens with one attached hydrogen (secondary N) is 2. The van der Waals surface area contributed by atoms with E-state index in [0.717, 1.165) is 39.8 Å². The quantitative estimate of drug-likeness (QED) is 0.00872. The van der Waals surface area contributed by atoms with Gasteiger partial charge in [0.25, 0.3) is 17.5 Å². The molecule has 2 heterocycles. The number of esters is 8. The lowest BCUT2D eigenvalue weighted by molar-refractivity contribution is -0.384. The van der Waals surface area contributed by atoms with Crippen molar-refractivity contribution in [3.63, 3.8) is 0 Å². The van der Waals surface area contributed by atoms with Crippen molar-refractivity contribution in [1.82, 2.24) is 10.6 Å². The molecule has 7 aromatic rings. The third-order valence-corrected chi connectivity index (χ3v) is 29.6. The number of ether oxygens (including phenoxy) is 14. The first-order valence-electron chi connectivity index (χ1n) is 46.4. The van der Waals surface area contributed by atoms with E-state index in [1.54, 1.807) is 36.4 Å². The SMILES string of the molecule is CC(=O)O[C@H]1C(=O)[C@@]2(C)[C@H]([C@H](OC(=O)c3ccccc3)[C@]3(O)C[C@H](OC(=O)[C@H](OC(=O)OCC(=Cc4ccc([N+](=O)[O-])cc4)COC(=O)O[C@@H](C(=O)O[C@H]4C[C@@]5(O)[C@@H](OC(=O)c6ccccc6)[C@@H]6[C@]7(OC(C)=O)CO[C@@H]7C[C@H](O)[C@@]6(C)C(=O)[C@H](OC(C)=O)C(=C4C)C5(C)C)[C@@H](NC(=O)c4ccccc4)c4ccccc4)[C@@H](NC(=O)c4ccccc4)c4ccccc4)C(C)=C1C3(C)C)[C@]1(OC(C)=O)CO[C@@H]1C[C@@H]2O. The normalized spacial score (nSPS) is 29.1. The Morgan fingerprint density at radius 3 is 1.09 bits per heavy atom. The van der Waals surface area contributed by atoms with Crippen LogP contribution < -0.4 is 10.6 Å². The van der Waals surface area contributed by atoms with Crippen molar-refractivity contribution in [3.05, 3.63) is 283 Å². The highest BCUT2D eigenvalue weighted by Gasteiger charge is 2.81. The zero-order valence-corrected chi connectivity index (χ0v) is 80.1. The third kappa shape index (κ3) is 19.2. The smallest absolute Gasteiger partial charge is 0.455 e. The van der Waals surface area contributed by atoms with E-state index in [9.17, 15) is 68.9 Å². The van der Waals surface area contributed by atoms with Gasteiger partial charge < -0.3 is 97.4 Å². The van der Waals surface area contributed by atoms with Gasteiger partial charge in [-0.05, 0) is 133 Å². The maximum Gasteiger partial charge on any atom is 0.509 e. The van der Waals surface area contributed by atoms with E-state index in [4.69, 9.17) is 66.3 Å². The molecule has 22 atom stereocenters. The van der Waals surface area contributed by atoms with Crippen LogP contribution >= 0.6 is 0 Å². The molecular weight excluding hydrogens is 1860 g/mol. The number of nitro groups is 1. The number of nitrogens with zero attached hydrogens (tertiary/aromatic N) is 1. The van der Waals surface area contributed by atoms with Crippen LogP contribution in [0.3, 0.4) is 0 Å². The van der Waals surface area contributed by atoms with Crippen LogP contribution in [0.4, 0.5) is 15.3 Å². The highest BCUT2D eigenvalue weighted by molar-refractivity contribution is 5.99. The molecule has 6 N–H and O–H groups in total. The minimum Gasteiger partial charge on any atom is -0.455 e. The number of hydrogen-bond donors (Lipinski definition) is 6. The average molecular weight is 1970 g/mol. The fourth-order valence-electron chi connectivity index (χ4n) is 22.2. The number of aliphatic hydroxyl groups excluding tert-OH is 2. The van der Waals surface area contributed by atoms with Crippen molar-refractivity contribution in [3.8, 4) is 0 Å². The average Bonchev–Trinajstić information content (AvgIpc) is 0.670. The number of nitro benzene ring substituents is 1. The topological polar surface area (TPSA) is 516 Å². The Morgan fingerprint density at radius 2 is 0.783 bits per heavy atom. The lowest BCUT2D eigenvalue weighted by Gasteiger charge is -2.67. The molecule has 7 aromatic carbocycles. The maximum absolute atomic E-state index is 16.3. The first-order chi connectivity index (χ1) is 67.7. The van der Waals surface area contributed by atoms with Gasteiger partial charge in [0.2, 0.25) is 12.2 Å². The van der Waals surface area contributed by atoms with E-state index >= 15 is 28.8 Å². The largest absolute Gasteiger partial charge is 0.509 e. The Morgan fingerprint density at radius 1 is 0.455 bits per heavy atom. The second kappa shape index (κ2) is 40.5. The summed E-state index contributed by atoms with van der Waals surface area (Å²) < 4.78 is 86.8. The molecule has 752 valence electrons. The van der Waals surface area contributed by atoms with Gasteiger partial charge >= 0.3 is 60.1 Å². The zero-order chi connectivity index (χ0) is 103. The number of carbonyl (C=O) groups excluding carboxylic acids is 14. The molecule has 15 rings (SSSR count). The summed E-state index contributed by atoms with van der Waals surface area (Å²) in [4.78, 5) is 221. The first-order valence-corrected chi connectivity index (χ1v) is 46.4. The van der Waals surface area contributed by atoms with Crippen LogP contribution in [0.25, 0.3) is 6.08 Å². The van der Waals surface area contributed by atoms with E-state index in [1.807, 2.05) is 0 Å². The van der Waals surface area contributed by atoms with Gasteiger partial charge in [-0.3, -0.25) is 48.5 Å². The zero-order valence-electron chi connectivity index (χ0n) is 80.1. The lowest BCUT2D eigenvalue weighted by atomic mass is 9.44. The summed E-state index contributed by atoms with van der Waals surface area (Å²) in [7, 11) is 0. The van der Waals surface area contributed by atoms with E-state index in [2.05, 4.69) is 10.6 Å². The summed E-state index contributed by atoms with van der Waals surface area (Å²) >= 11 is 0. The van der Waals surface area contributed by atoms with Crippen molar-refractivity contribution < 1.29 is 159 Å². The summed E-state index contributed by atoms with van der Waals surface area (Å²) in [5.41, 5.74) is -19.2. The predicted octanol–water partition coefficient (Wildman–Crippen LogP) is 10.8. The molecule has 6 aliphatic carbocycles. The fraction of sp³-hybridized carbons (Fsp3) is 0.415. The van der Waals surface area contributed by atoms with Crippen molar-refractivity contribution in [2.45, 2.75) is 217 Å². The summed E-state index contributed by atoms with van der Waals surface area (Å²) in [6.45, 7) is 12.2. The summed E-state index contributed by atoms with van der Waals surface area (Å²) in [6, 6.07) is 46.0. The predicted molar refractivity (Wildman–Crippen MR) is 497 cm³/mol. The number of fused-ring (bicyclic) bond motifs is 10. The van der Waals surface area contributed by atoms with Crippen LogP contribution in [-0.4, -0.2) is 231 Å². The molecule has 8 aliphatic rings. The second-order valence-corrected chi connectivity index (χ2v) is 38.6. The van der Waals surface area contributed by atoms with Gasteiger partial charge in [0.15, 0.2) is 35.0 Å². The van der Waals surface area contributed by atoms with Gasteiger partial charge in [-0.2, -0.15) is 0 Å². The van der Waals surface area contributed by atoms with Gasteiger partial charge in [-0.1, -0.05) is 161 Å². The molecule has 4 saturated carbocycles. The number of Topliss-reactive ketones (excluding diaryl/α,β-unsaturated/α-hetero) is 2. The molecule has 0 aromatic heterocycles. The first kappa shape index (κ1) is 103. The van der Waals surface area contributed by atoms with Crippen LogP contribution in [0.2, 0.25) is 0 Å². The molecule has 0 spiro atoms. The number of ketones is 2. The van der Waals surface area contributed by atoms with Gasteiger partial charge in [0.05, 0.1) is 64.1 Å². The van der Waals surface area contributed by atoms with Crippen LogP contribution in [0.15, 0.2) is 234 Å². The molecule has 0 unspecified atom stereocenters. The minimum absolute atomic E-state index is 0.00917. The highest BCUT2D eigenvalue weighted by Crippen LogP contribution is 2.67. The second-order valence-electron chi connectivity index (χ2n) is 38.6. The summed E-state index contributed by atoms with van der Waals surface area (Å²) in [5, 5.41) is 71.7. The number of benzene rings is 7. The van der Waals surface area contributed by atoms with Crippen LogP contribution in [-0.2, 0) is 105 Å². The number of hydrogen-bond acceptors (Lipinski definition) is 34. The van der Waals surface area contributed by atoms with E-state index in [1.165, 1.54) is 219 Å². The van der Waals surface area contributed by atoms with Crippen LogP contribution in [0, 0.1) is 43.6 Å². The monoisotopic (exact) mass is 1970 g/mol. The fourth-order valence-corrected chi connectivity index (χ4v) is 22.2. The van der Waals surface area contributed by atoms with E-state index in [-0.39, 0.29) is 79.7 Å². The van der Waals surface area contributed by atoms with Crippen molar-refractivity contribution in [1.29, 1.82) is 0 Å². The van der Waals surface area contributed by atoms with Crippen molar-refractivity contribution in [2.75, 3.05) is 26.4 Å². The molecule has 0 radical (unpaired) electrons. The van der Waals surface area contributed by atoms with Crippen molar-refractivity contribution in [2.24, 2.45) is 33.5 Å². The number of carbonyl (C=O) groups is 14. The Hall–Kier alpha value is -14.5. The summed E-state index contributed by atoms with van der Waals surface area (Å²) in [5.74, 6) is -16.6. The molecule has 2 amide bonds. The van der Waals surface area contributed by atoms with Gasteiger partial charge in [0.1, 0.15) is 73.1 Å². The third-order valence-electron chi connectivity index (χ3n) is 29.6. The number of amides is 2. The van der Waals surface area contributed by atoms with Crippen molar-refractivity contribution >= 4 is 95.2 Å². The van der Waals surface area contributed by atoms with Crippen LogP contribution in [0.5, 0.6) is 0 Å². The molecule has 37 heteroatoms. The molecule has 37 nitrogen and oxygen atoms in total. The van der Waals surface area contributed by atoms with E-state index < -0.39 is 275 Å². The Labute approximate surface area is 820 Å². The maximum atomic E-state index is 16.3. The van der Waals surface area contributed by atoms with E-state index in [0.29, 0.717) is 0 Å². The lowest BCUT2D eigenvalue weighted by Crippen LogP contribution is -2.82. The Kier molecular flexibility index (Phi) is 29.1. The highest BCUT2D eigenvalue weighted by atomic mass is 16.8. The molecule has 4 bridgehead atoms. The molecule has 6 fully saturated rings. The Bertz CT molecular complexity index is 5890. The van der Waals surface area contributed by atoms with Gasteiger partial charge in [-0.25, -0.2) is 28.8 Å².